The number of halogens is 3. The maximum absolute atomic E-state index is 13.5. The minimum Gasteiger partial charge on any atom is -0.204 e. The standard InChI is InChI=1S/C24H33F3/c1-2-3-4-5-6-17-7-9-18(10-8-17)19-11-13-20(14-12-19)21-15-22(25)24(27)23(26)16-21/h2-3,15-20H,4-14H2,1H3/b3-2+. The third-order valence-electron chi connectivity index (χ3n) is 7.03. The van der Waals surface area contributed by atoms with Gasteiger partial charge in [0.05, 0.1) is 0 Å². The van der Waals surface area contributed by atoms with Crippen molar-refractivity contribution in [1.29, 1.82) is 0 Å². The summed E-state index contributed by atoms with van der Waals surface area (Å²) in [5.74, 6) is -0.781. The van der Waals surface area contributed by atoms with Gasteiger partial charge in [0.15, 0.2) is 17.5 Å². The third-order valence-corrected chi connectivity index (χ3v) is 7.03. The van der Waals surface area contributed by atoms with Crippen LogP contribution in [0.3, 0.4) is 0 Å². The lowest BCUT2D eigenvalue weighted by molar-refractivity contribution is 0.156. The number of allylic oxidation sites excluding steroid dienone is 2. The van der Waals surface area contributed by atoms with Gasteiger partial charge in [0.25, 0.3) is 0 Å². The highest BCUT2D eigenvalue weighted by atomic mass is 19.2. The first-order valence-electron chi connectivity index (χ1n) is 10.8. The molecule has 0 atom stereocenters. The van der Waals surface area contributed by atoms with E-state index < -0.39 is 17.5 Å². The fraction of sp³-hybridized carbons (Fsp3) is 0.667. The fourth-order valence-corrected chi connectivity index (χ4v) is 5.37. The minimum atomic E-state index is -1.35. The fourth-order valence-electron chi connectivity index (χ4n) is 5.37. The van der Waals surface area contributed by atoms with Crippen molar-refractivity contribution in [2.75, 3.05) is 0 Å². The molecule has 0 radical (unpaired) electrons. The van der Waals surface area contributed by atoms with Gasteiger partial charge < -0.3 is 0 Å². The highest BCUT2D eigenvalue weighted by Crippen LogP contribution is 2.44. The van der Waals surface area contributed by atoms with Gasteiger partial charge in [-0.05, 0) is 99.7 Å². The van der Waals surface area contributed by atoms with Crippen LogP contribution in [0.5, 0.6) is 0 Å². The van der Waals surface area contributed by atoms with E-state index in [1.165, 1.54) is 57.1 Å². The second-order valence-corrected chi connectivity index (χ2v) is 8.69. The molecule has 0 nitrogen and oxygen atoms in total. The summed E-state index contributed by atoms with van der Waals surface area (Å²) in [6.07, 6.45) is 18.0. The number of unbranched alkanes of at least 4 members (excludes halogenated alkanes) is 1. The van der Waals surface area contributed by atoms with Crippen LogP contribution in [0.2, 0.25) is 0 Å². The van der Waals surface area contributed by atoms with Crippen molar-refractivity contribution in [2.24, 2.45) is 17.8 Å². The Morgan fingerprint density at radius 3 is 1.96 bits per heavy atom. The van der Waals surface area contributed by atoms with Gasteiger partial charge in [0.2, 0.25) is 0 Å². The lowest BCUT2D eigenvalue weighted by Gasteiger charge is -2.38. The van der Waals surface area contributed by atoms with Crippen molar-refractivity contribution >= 4 is 0 Å². The number of hydrogen-bond donors (Lipinski definition) is 0. The van der Waals surface area contributed by atoms with Gasteiger partial charge in [-0.1, -0.05) is 31.4 Å². The summed E-state index contributed by atoms with van der Waals surface area (Å²) < 4.78 is 40.2. The van der Waals surface area contributed by atoms with Crippen LogP contribution in [0.4, 0.5) is 13.2 Å². The Labute approximate surface area is 162 Å². The third kappa shape index (κ3) is 5.39. The highest BCUT2D eigenvalue weighted by Gasteiger charge is 2.31. The van der Waals surface area contributed by atoms with Crippen molar-refractivity contribution in [1.82, 2.24) is 0 Å². The number of rotatable bonds is 6. The zero-order valence-corrected chi connectivity index (χ0v) is 16.5. The Balaban J connectivity index is 1.44. The van der Waals surface area contributed by atoms with Crippen LogP contribution in [-0.4, -0.2) is 0 Å². The van der Waals surface area contributed by atoms with E-state index in [2.05, 4.69) is 19.1 Å². The van der Waals surface area contributed by atoms with Gasteiger partial charge in [-0.2, -0.15) is 0 Å². The Hall–Kier alpha value is -1.25. The number of benzene rings is 1. The molecular formula is C24H33F3. The molecule has 0 aromatic heterocycles. The minimum absolute atomic E-state index is 0.175. The van der Waals surface area contributed by atoms with Crippen molar-refractivity contribution < 1.29 is 13.2 Å². The predicted molar refractivity (Wildman–Crippen MR) is 105 cm³/mol. The molecular weight excluding hydrogens is 345 g/mol. The van der Waals surface area contributed by atoms with Crippen LogP contribution in [-0.2, 0) is 0 Å². The molecule has 2 aliphatic carbocycles. The summed E-state index contributed by atoms with van der Waals surface area (Å²) in [6.45, 7) is 2.09. The molecule has 3 rings (SSSR count). The van der Waals surface area contributed by atoms with E-state index in [1.54, 1.807) is 0 Å². The second-order valence-electron chi connectivity index (χ2n) is 8.69. The summed E-state index contributed by atoms with van der Waals surface area (Å²) in [6, 6.07) is 2.39. The van der Waals surface area contributed by atoms with Crippen LogP contribution in [0.15, 0.2) is 24.3 Å². The van der Waals surface area contributed by atoms with Crippen molar-refractivity contribution in [3.05, 3.63) is 47.3 Å². The van der Waals surface area contributed by atoms with E-state index in [-0.39, 0.29) is 5.92 Å². The van der Waals surface area contributed by atoms with Crippen molar-refractivity contribution in [2.45, 2.75) is 83.5 Å². The molecule has 2 saturated carbocycles. The van der Waals surface area contributed by atoms with Crippen LogP contribution in [0.25, 0.3) is 0 Å². The maximum Gasteiger partial charge on any atom is 0.194 e. The Morgan fingerprint density at radius 1 is 0.852 bits per heavy atom. The predicted octanol–water partition coefficient (Wildman–Crippen LogP) is 7.93. The van der Waals surface area contributed by atoms with Gasteiger partial charge in [-0.3, -0.25) is 0 Å². The van der Waals surface area contributed by atoms with E-state index >= 15 is 0 Å². The first-order valence-corrected chi connectivity index (χ1v) is 10.8. The summed E-state index contributed by atoms with van der Waals surface area (Å²) in [4.78, 5) is 0. The van der Waals surface area contributed by atoms with Gasteiger partial charge in [0.1, 0.15) is 0 Å². The molecule has 0 N–H and O–H groups in total. The molecule has 1 aromatic carbocycles. The van der Waals surface area contributed by atoms with E-state index in [4.69, 9.17) is 0 Å². The van der Waals surface area contributed by atoms with Gasteiger partial charge >= 0.3 is 0 Å². The van der Waals surface area contributed by atoms with Crippen LogP contribution < -0.4 is 0 Å². The van der Waals surface area contributed by atoms with Gasteiger partial charge in [-0.15, -0.1) is 0 Å². The Bertz CT molecular complexity index is 598. The lowest BCUT2D eigenvalue weighted by atomic mass is 9.68. The van der Waals surface area contributed by atoms with Crippen LogP contribution >= 0.6 is 0 Å². The SMILES string of the molecule is C/C=C/CCCC1CCC(C2CCC(c3cc(F)c(F)c(F)c3)CC2)CC1. The molecule has 3 heteroatoms. The molecule has 0 spiro atoms. The normalized spacial score (nSPS) is 29.3. The maximum atomic E-state index is 13.5. The van der Waals surface area contributed by atoms with E-state index in [9.17, 15) is 13.2 Å². The molecule has 2 aliphatic rings. The molecule has 27 heavy (non-hydrogen) atoms. The Morgan fingerprint density at radius 2 is 1.41 bits per heavy atom. The van der Waals surface area contributed by atoms with Gasteiger partial charge in [-0.25, -0.2) is 13.2 Å². The van der Waals surface area contributed by atoms with Crippen LogP contribution in [0, 0.1) is 35.2 Å². The number of hydrogen-bond acceptors (Lipinski definition) is 0. The van der Waals surface area contributed by atoms with E-state index in [0.29, 0.717) is 5.56 Å². The molecule has 0 amide bonds. The molecule has 2 fully saturated rings. The summed E-state index contributed by atoms with van der Waals surface area (Å²) in [5, 5.41) is 0. The molecule has 0 aliphatic heterocycles. The average molecular weight is 379 g/mol. The molecule has 1 aromatic rings. The average Bonchev–Trinajstić information content (AvgIpc) is 2.70. The van der Waals surface area contributed by atoms with Crippen LogP contribution in [0.1, 0.15) is 89.0 Å². The first kappa shape index (κ1) is 20.5. The highest BCUT2D eigenvalue weighted by molar-refractivity contribution is 5.23. The molecule has 0 unspecified atom stereocenters. The molecule has 150 valence electrons. The molecule has 0 bridgehead atoms. The molecule has 0 heterocycles. The smallest absolute Gasteiger partial charge is 0.194 e. The summed E-state index contributed by atoms with van der Waals surface area (Å²) >= 11 is 0. The summed E-state index contributed by atoms with van der Waals surface area (Å²) in [5.41, 5.74) is 0.634. The lowest BCUT2D eigenvalue weighted by Crippen LogP contribution is -2.25. The zero-order valence-electron chi connectivity index (χ0n) is 16.5. The monoisotopic (exact) mass is 378 g/mol. The largest absolute Gasteiger partial charge is 0.204 e. The topological polar surface area (TPSA) is 0 Å². The first-order chi connectivity index (χ1) is 13.1. The molecule has 0 saturated heterocycles. The van der Waals surface area contributed by atoms with Crippen molar-refractivity contribution in [3.8, 4) is 0 Å². The van der Waals surface area contributed by atoms with E-state index in [0.717, 1.165) is 43.4 Å². The van der Waals surface area contributed by atoms with Gasteiger partial charge in [0, 0.05) is 0 Å². The quantitative estimate of drug-likeness (QED) is 0.268. The second kappa shape index (κ2) is 9.80. The van der Waals surface area contributed by atoms with E-state index in [1.807, 2.05) is 0 Å². The zero-order chi connectivity index (χ0) is 19.2. The Kier molecular flexibility index (Phi) is 7.43. The summed E-state index contributed by atoms with van der Waals surface area (Å²) in [7, 11) is 0. The van der Waals surface area contributed by atoms with Crippen molar-refractivity contribution in [3.63, 3.8) is 0 Å².